The Labute approximate surface area is 199 Å². The molecule has 0 radical (unpaired) electrons. The first-order chi connectivity index (χ1) is 16.5. The van der Waals surface area contributed by atoms with Crippen molar-refractivity contribution < 1.29 is 13.2 Å². The monoisotopic (exact) mass is 456 g/mol. The summed E-state index contributed by atoms with van der Waals surface area (Å²) < 4.78 is 43.8. The third kappa shape index (κ3) is 5.14. The van der Waals surface area contributed by atoms with Gasteiger partial charge in [-0.1, -0.05) is 105 Å². The van der Waals surface area contributed by atoms with Crippen LogP contribution in [0.3, 0.4) is 0 Å². The minimum atomic E-state index is -0.868. The van der Waals surface area contributed by atoms with Crippen LogP contribution in [0.5, 0.6) is 0 Å². The van der Waals surface area contributed by atoms with Gasteiger partial charge in [-0.25, -0.2) is 13.2 Å². The van der Waals surface area contributed by atoms with E-state index in [9.17, 15) is 13.2 Å². The minimum Gasteiger partial charge on any atom is -0.207 e. The molecule has 0 amide bonds. The van der Waals surface area contributed by atoms with Crippen molar-refractivity contribution >= 4 is 12.2 Å². The number of halogens is 3. The van der Waals surface area contributed by atoms with Gasteiger partial charge in [0.05, 0.1) is 0 Å². The fourth-order valence-electron chi connectivity index (χ4n) is 4.01. The molecule has 4 rings (SSSR count). The second kappa shape index (κ2) is 10.6. The van der Waals surface area contributed by atoms with E-state index in [0.717, 1.165) is 47.1 Å². The van der Waals surface area contributed by atoms with Crippen LogP contribution in [0.2, 0.25) is 0 Å². The quantitative estimate of drug-likeness (QED) is 0.243. The third-order valence-corrected chi connectivity index (χ3v) is 6.06. The average molecular weight is 457 g/mol. The van der Waals surface area contributed by atoms with Gasteiger partial charge in [0.15, 0.2) is 11.6 Å². The number of rotatable bonds is 7. The fourth-order valence-corrected chi connectivity index (χ4v) is 4.01. The van der Waals surface area contributed by atoms with E-state index in [-0.39, 0.29) is 16.9 Å². The molecule has 0 aliphatic heterocycles. The van der Waals surface area contributed by atoms with Gasteiger partial charge in [-0.05, 0) is 52.3 Å². The lowest BCUT2D eigenvalue weighted by atomic mass is 9.99. The number of hydrogen-bond acceptors (Lipinski definition) is 0. The van der Waals surface area contributed by atoms with E-state index in [2.05, 4.69) is 6.92 Å². The summed E-state index contributed by atoms with van der Waals surface area (Å²) in [6.07, 6.45) is 5.82. The highest BCUT2D eigenvalue weighted by molar-refractivity contribution is 5.74. The molecule has 0 saturated heterocycles. The van der Waals surface area contributed by atoms with E-state index in [4.69, 9.17) is 0 Å². The van der Waals surface area contributed by atoms with Crippen LogP contribution >= 0.6 is 0 Å². The van der Waals surface area contributed by atoms with Crippen LogP contribution in [-0.2, 0) is 12.8 Å². The number of benzene rings is 4. The van der Waals surface area contributed by atoms with Crippen LogP contribution in [-0.4, -0.2) is 0 Å². The molecule has 0 nitrogen and oxygen atoms in total. The second-order valence-corrected chi connectivity index (χ2v) is 8.39. The molecular weight excluding hydrogens is 429 g/mol. The fraction of sp³-hybridized carbons (Fsp3) is 0.161. The zero-order valence-electron chi connectivity index (χ0n) is 19.4. The van der Waals surface area contributed by atoms with Crippen LogP contribution in [0, 0.1) is 17.5 Å². The lowest BCUT2D eigenvalue weighted by molar-refractivity contribution is 0.509. The van der Waals surface area contributed by atoms with Crippen molar-refractivity contribution in [1.82, 2.24) is 0 Å². The molecule has 0 spiro atoms. The Kier molecular flexibility index (Phi) is 7.32. The van der Waals surface area contributed by atoms with Crippen LogP contribution in [0.15, 0.2) is 78.9 Å². The van der Waals surface area contributed by atoms with Gasteiger partial charge < -0.3 is 0 Å². The van der Waals surface area contributed by atoms with Crippen molar-refractivity contribution in [1.29, 1.82) is 0 Å². The van der Waals surface area contributed by atoms with Crippen LogP contribution in [0.1, 0.15) is 42.5 Å². The summed E-state index contributed by atoms with van der Waals surface area (Å²) in [7, 11) is 0. The van der Waals surface area contributed by atoms with Crippen LogP contribution in [0.4, 0.5) is 13.2 Å². The van der Waals surface area contributed by atoms with Gasteiger partial charge in [0, 0.05) is 11.1 Å². The molecule has 0 atom stereocenters. The Balaban J connectivity index is 1.52. The van der Waals surface area contributed by atoms with Crippen molar-refractivity contribution in [2.24, 2.45) is 0 Å². The summed E-state index contributed by atoms with van der Waals surface area (Å²) in [5, 5.41) is 0. The molecule has 0 saturated carbocycles. The van der Waals surface area contributed by atoms with E-state index >= 15 is 0 Å². The molecule has 0 bridgehead atoms. The van der Waals surface area contributed by atoms with Gasteiger partial charge >= 0.3 is 0 Å². The standard InChI is InChI=1S/C31H27F3/c1-3-5-25-16-17-27(20-29(25)32)23-11-8-22(9-12-23)10-15-26-18-19-28(31(34)30(26)33)24-13-6-21(4-2)7-14-24/h6-20H,3-5H2,1-2H3. The van der Waals surface area contributed by atoms with Crippen molar-refractivity contribution in [3.8, 4) is 22.3 Å². The van der Waals surface area contributed by atoms with Gasteiger partial charge in [-0.15, -0.1) is 0 Å². The summed E-state index contributed by atoms with van der Waals surface area (Å²) in [6.45, 7) is 4.08. The molecule has 3 heteroatoms. The van der Waals surface area contributed by atoms with Crippen molar-refractivity contribution in [3.63, 3.8) is 0 Å². The SMILES string of the molecule is CCCc1ccc(-c2ccc(C=Cc3ccc(-c4ccc(CC)cc4)c(F)c3F)cc2)cc1F. The molecule has 0 aliphatic carbocycles. The first-order valence-corrected chi connectivity index (χ1v) is 11.6. The Morgan fingerprint density at radius 1 is 0.647 bits per heavy atom. The Morgan fingerprint density at radius 3 is 1.97 bits per heavy atom. The summed E-state index contributed by atoms with van der Waals surface area (Å²) >= 11 is 0. The van der Waals surface area contributed by atoms with Gasteiger partial charge in [0.2, 0.25) is 0 Å². The van der Waals surface area contributed by atoms with E-state index in [1.54, 1.807) is 30.4 Å². The van der Waals surface area contributed by atoms with E-state index < -0.39 is 11.6 Å². The number of aryl methyl sites for hydroxylation is 2. The molecule has 4 aromatic carbocycles. The summed E-state index contributed by atoms with van der Waals surface area (Å²) in [5.74, 6) is -1.91. The van der Waals surface area contributed by atoms with Crippen LogP contribution in [0.25, 0.3) is 34.4 Å². The summed E-state index contributed by atoms with van der Waals surface area (Å²) in [4.78, 5) is 0. The highest BCUT2D eigenvalue weighted by Gasteiger charge is 2.13. The molecule has 0 N–H and O–H groups in total. The predicted molar refractivity (Wildman–Crippen MR) is 136 cm³/mol. The Morgan fingerprint density at radius 2 is 1.32 bits per heavy atom. The first-order valence-electron chi connectivity index (χ1n) is 11.6. The maximum absolute atomic E-state index is 14.8. The first kappa shape index (κ1) is 23.6. The third-order valence-electron chi connectivity index (χ3n) is 6.06. The van der Waals surface area contributed by atoms with Crippen molar-refractivity contribution in [2.45, 2.75) is 33.1 Å². The predicted octanol–water partition coefficient (Wildman–Crippen LogP) is 9.12. The lowest BCUT2D eigenvalue weighted by Gasteiger charge is -2.08. The normalized spacial score (nSPS) is 11.3. The maximum Gasteiger partial charge on any atom is 0.167 e. The maximum atomic E-state index is 14.8. The zero-order chi connectivity index (χ0) is 24.1. The molecule has 0 unspecified atom stereocenters. The molecule has 34 heavy (non-hydrogen) atoms. The lowest BCUT2D eigenvalue weighted by Crippen LogP contribution is -1.93. The van der Waals surface area contributed by atoms with Crippen molar-refractivity contribution in [3.05, 3.63) is 119 Å². The smallest absolute Gasteiger partial charge is 0.167 e. The number of hydrogen-bond donors (Lipinski definition) is 0. The highest BCUT2D eigenvalue weighted by Crippen LogP contribution is 2.28. The van der Waals surface area contributed by atoms with E-state index in [1.165, 1.54) is 0 Å². The summed E-state index contributed by atoms with van der Waals surface area (Å²) in [6, 6.07) is 23.6. The Bertz CT molecular complexity index is 1300. The molecule has 0 aromatic heterocycles. The molecule has 0 aliphatic rings. The zero-order valence-corrected chi connectivity index (χ0v) is 19.4. The van der Waals surface area contributed by atoms with Gasteiger partial charge in [-0.3, -0.25) is 0 Å². The van der Waals surface area contributed by atoms with Gasteiger partial charge in [0.25, 0.3) is 0 Å². The molecule has 0 fully saturated rings. The Hall–Kier alpha value is -3.59. The minimum absolute atomic E-state index is 0.184. The largest absolute Gasteiger partial charge is 0.207 e. The van der Waals surface area contributed by atoms with Gasteiger partial charge in [0.1, 0.15) is 5.82 Å². The van der Waals surface area contributed by atoms with Crippen molar-refractivity contribution in [2.75, 3.05) is 0 Å². The average Bonchev–Trinajstić information content (AvgIpc) is 2.87. The van der Waals surface area contributed by atoms with E-state index in [0.29, 0.717) is 5.56 Å². The topological polar surface area (TPSA) is 0 Å². The highest BCUT2D eigenvalue weighted by atomic mass is 19.2. The summed E-state index contributed by atoms with van der Waals surface area (Å²) in [5.41, 5.74) is 5.50. The second-order valence-electron chi connectivity index (χ2n) is 8.39. The molecule has 172 valence electrons. The van der Waals surface area contributed by atoms with Gasteiger partial charge in [-0.2, -0.15) is 0 Å². The molecule has 4 aromatic rings. The van der Waals surface area contributed by atoms with Crippen LogP contribution < -0.4 is 0 Å². The van der Waals surface area contributed by atoms with E-state index in [1.807, 2.05) is 67.6 Å². The molecule has 0 heterocycles. The molecular formula is C31H27F3.